The van der Waals surface area contributed by atoms with Crippen LogP contribution in [0.25, 0.3) is 23.0 Å². The Bertz CT molecular complexity index is 1210. The SMILES string of the molecule is Cc1cc(-c2csc(NC(=O)/C=C/c3ccc(Cl)cc3)n2)c(C)n1-c1ccccc1. The van der Waals surface area contributed by atoms with Crippen LogP contribution in [-0.2, 0) is 4.79 Å². The fraction of sp³-hybridized carbons (Fsp3) is 0.0833. The third-order valence-corrected chi connectivity index (χ3v) is 5.76. The van der Waals surface area contributed by atoms with Gasteiger partial charge in [0.05, 0.1) is 5.69 Å². The molecule has 4 nitrogen and oxygen atoms in total. The Morgan fingerprint density at radius 2 is 1.83 bits per heavy atom. The molecule has 150 valence electrons. The van der Waals surface area contributed by atoms with Gasteiger partial charge >= 0.3 is 0 Å². The van der Waals surface area contributed by atoms with Crippen molar-refractivity contribution in [3.05, 3.63) is 94.1 Å². The molecule has 4 aromatic rings. The summed E-state index contributed by atoms with van der Waals surface area (Å²) in [5, 5.41) is 6.04. The van der Waals surface area contributed by atoms with Crippen molar-refractivity contribution in [3.63, 3.8) is 0 Å². The maximum atomic E-state index is 12.2. The minimum absolute atomic E-state index is 0.222. The molecule has 0 aliphatic rings. The van der Waals surface area contributed by atoms with E-state index in [0.717, 1.165) is 33.9 Å². The number of hydrogen-bond acceptors (Lipinski definition) is 3. The van der Waals surface area contributed by atoms with Gasteiger partial charge in [0.2, 0.25) is 5.91 Å². The van der Waals surface area contributed by atoms with Gasteiger partial charge in [-0.2, -0.15) is 0 Å². The van der Waals surface area contributed by atoms with Crippen LogP contribution < -0.4 is 5.32 Å². The lowest BCUT2D eigenvalue weighted by molar-refractivity contribution is -0.111. The molecule has 0 radical (unpaired) electrons. The monoisotopic (exact) mass is 433 g/mol. The number of aryl methyl sites for hydroxylation is 1. The molecule has 0 unspecified atom stereocenters. The summed E-state index contributed by atoms with van der Waals surface area (Å²) < 4.78 is 2.21. The number of anilines is 1. The highest BCUT2D eigenvalue weighted by Crippen LogP contribution is 2.31. The lowest BCUT2D eigenvalue weighted by Crippen LogP contribution is -2.07. The predicted octanol–water partition coefficient (Wildman–Crippen LogP) is 6.52. The predicted molar refractivity (Wildman–Crippen MR) is 125 cm³/mol. The molecule has 0 aliphatic carbocycles. The van der Waals surface area contributed by atoms with Crippen LogP contribution in [0.5, 0.6) is 0 Å². The molecule has 0 saturated heterocycles. The van der Waals surface area contributed by atoms with E-state index in [1.807, 2.05) is 35.7 Å². The maximum Gasteiger partial charge on any atom is 0.250 e. The number of amides is 1. The fourth-order valence-corrected chi connectivity index (χ4v) is 4.18. The Morgan fingerprint density at radius 1 is 1.10 bits per heavy atom. The summed E-state index contributed by atoms with van der Waals surface area (Å²) in [7, 11) is 0. The molecule has 2 aromatic carbocycles. The molecule has 0 fully saturated rings. The standard InChI is InChI=1S/C24H20ClN3OS/c1-16-14-21(17(2)28(16)20-6-4-3-5-7-20)22-15-30-24(26-22)27-23(29)13-10-18-8-11-19(25)12-9-18/h3-15H,1-2H3,(H,26,27,29)/b13-10+. The second kappa shape index (κ2) is 8.69. The maximum absolute atomic E-state index is 12.2. The molecular weight excluding hydrogens is 414 g/mol. The van der Waals surface area contributed by atoms with Gasteiger partial charge in [0.25, 0.3) is 0 Å². The largest absolute Gasteiger partial charge is 0.318 e. The molecule has 1 amide bonds. The Balaban J connectivity index is 1.51. The summed E-state index contributed by atoms with van der Waals surface area (Å²) >= 11 is 7.29. The zero-order valence-corrected chi connectivity index (χ0v) is 18.2. The normalized spacial score (nSPS) is 11.2. The van der Waals surface area contributed by atoms with Crippen molar-refractivity contribution in [1.29, 1.82) is 0 Å². The quantitative estimate of drug-likeness (QED) is 0.364. The molecule has 4 rings (SSSR count). The molecule has 1 N–H and O–H groups in total. The van der Waals surface area contributed by atoms with Gasteiger partial charge in [-0.25, -0.2) is 4.98 Å². The lowest BCUT2D eigenvalue weighted by atomic mass is 10.2. The van der Waals surface area contributed by atoms with Gasteiger partial charge in [-0.3, -0.25) is 10.1 Å². The Hall–Kier alpha value is -3.15. The molecule has 0 bridgehead atoms. The summed E-state index contributed by atoms with van der Waals surface area (Å²) in [6.45, 7) is 4.17. The average molecular weight is 434 g/mol. The van der Waals surface area contributed by atoms with Gasteiger partial charge in [0.15, 0.2) is 5.13 Å². The average Bonchev–Trinajstić information content (AvgIpc) is 3.32. The summed E-state index contributed by atoms with van der Waals surface area (Å²) in [5.41, 5.74) is 6.19. The highest BCUT2D eigenvalue weighted by molar-refractivity contribution is 7.14. The molecule has 0 aliphatic heterocycles. The van der Waals surface area contributed by atoms with Crippen LogP contribution in [0.1, 0.15) is 17.0 Å². The number of thiazole rings is 1. The topological polar surface area (TPSA) is 46.9 Å². The van der Waals surface area contributed by atoms with Crippen molar-refractivity contribution >= 4 is 40.1 Å². The number of benzene rings is 2. The third kappa shape index (κ3) is 4.37. The number of aromatic nitrogens is 2. The van der Waals surface area contributed by atoms with Crippen molar-refractivity contribution in [1.82, 2.24) is 9.55 Å². The first-order valence-electron chi connectivity index (χ1n) is 9.46. The van der Waals surface area contributed by atoms with E-state index in [9.17, 15) is 4.79 Å². The second-order valence-electron chi connectivity index (χ2n) is 6.87. The summed E-state index contributed by atoms with van der Waals surface area (Å²) in [6, 6.07) is 19.7. The molecule has 2 heterocycles. The number of carbonyl (C=O) groups excluding carboxylic acids is 1. The fourth-order valence-electron chi connectivity index (χ4n) is 3.34. The minimum atomic E-state index is -0.222. The van der Waals surface area contributed by atoms with Crippen LogP contribution in [0.15, 0.2) is 72.1 Å². The van der Waals surface area contributed by atoms with E-state index in [2.05, 4.69) is 46.9 Å². The zero-order chi connectivity index (χ0) is 21.1. The highest BCUT2D eigenvalue weighted by Gasteiger charge is 2.15. The first kappa shape index (κ1) is 20.1. The lowest BCUT2D eigenvalue weighted by Gasteiger charge is -2.09. The number of nitrogens with zero attached hydrogens (tertiary/aromatic N) is 2. The molecule has 0 saturated carbocycles. The van der Waals surface area contributed by atoms with E-state index in [4.69, 9.17) is 11.6 Å². The first-order valence-corrected chi connectivity index (χ1v) is 10.7. The van der Waals surface area contributed by atoms with E-state index in [1.54, 1.807) is 18.2 Å². The number of rotatable bonds is 5. The van der Waals surface area contributed by atoms with E-state index in [-0.39, 0.29) is 5.91 Å². The van der Waals surface area contributed by atoms with Gasteiger partial charge < -0.3 is 4.57 Å². The van der Waals surface area contributed by atoms with Crippen LogP contribution in [0.3, 0.4) is 0 Å². The molecule has 0 atom stereocenters. The number of halogens is 1. The van der Waals surface area contributed by atoms with E-state index >= 15 is 0 Å². The van der Waals surface area contributed by atoms with E-state index < -0.39 is 0 Å². The van der Waals surface area contributed by atoms with Gasteiger partial charge in [0, 0.05) is 39.1 Å². The van der Waals surface area contributed by atoms with Crippen molar-refractivity contribution in [3.8, 4) is 16.9 Å². The Labute approximate surface area is 184 Å². The second-order valence-corrected chi connectivity index (χ2v) is 8.16. The highest BCUT2D eigenvalue weighted by atomic mass is 35.5. The molecule has 6 heteroatoms. The molecule has 30 heavy (non-hydrogen) atoms. The van der Waals surface area contributed by atoms with Gasteiger partial charge in [0.1, 0.15) is 0 Å². The van der Waals surface area contributed by atoms with Crippen molar-refractivity contribution in [2.24, 2.45) is 0 Å². The number of hydrogen-bond donors (Lipinski definition) is 1. The zero-order valence-electron chi connectivity index (χ0n) is 16.6. The molecular formula is C24H20ClN3OS. The van der Waals surface area contributed by atoms with Crippen LogP contribution in [-0.4, -0.2) is 15.5 Å². The van der Waals surface area contributed by atoms with Gasteiger partial charge in [-0.05, 0) is 55.8 Å². The molecule has 2 aromatic heterocycles. The summed E-state index contributed by atoms with van der Waals surface area (Å²) in [4.78, 5) is 16.9. The van der Waals surface area contributed by atoms with Crippen molar-refractivity contribution < 1.29 is 4.79 Å². The van der Waals surface area contributed by atoms with Gasteiger partial charge in [-0.15, -0.1) is 11.3 Å². The Kier molecular flexibility index (Phi) is 5.84. The van der Waals surface area contributed by atoms with Crippen LogP contribution in [0.4, 0.5) is 5.13 Å². The van der Waals surface area contributed by atoms with Gasteiger partial charge in [-0.1, -0.05) is 41.9 Å². The smallest absolute Gasteiger partial charge is 0.250 e. The van der Waals surface area contributed by atoms with Crippen LogP contribution in [0, 0.1) is 13.8 Å². The number of carbonyl (C=O) groups is 1. The summed E-state index contributed by atoms with van der Waals surface area (Å²) in [5.74, 6) is -0.222. The first-order chi connectivity index (χ1) is 14.5. The summed E-state index contributed by atoms with van der Waals surface area (Å²) in [6.07, 6.45) is 3.24. The van der Waals surface area contributed by atoms with E-state index in [0.29, 0.717) is 10.2 Å². The number of para-hydroxylation sites is 1. The molecule has 0 spiro atoms. The van der Waals surface area contributed by atoms with Crippen LogP contribution in [0.2, 0.25) is 5.02 Å². The van der Waals surface area contributed by atoms with Crippen molar-refractivity contribution in [2.75, 3.05) is 5.32 Å². The number of nitrogens with one attached hydrogen (secondary N) is 1. The van der Waals surface area contributed by atoms with Crippen LogP contribution >= 0.6 is 22.9 Å². The minimum Gasteiger partial charge on any atom is -0.318 e. The van der Waals surface area contributed by atoms with Crippen molar-refractivity contribution in [2.45, 2.75) is 13.8 Å². The van der Waals surface area contributed by atoms with E-state index in [1.165, 1.54) is 17.4 Å². The third-order valence-electron chi connectivity index (χ3n) is 4.75. The Morgan fingerprint density at radius 3 is 2.57 bits per heavy atom.